The van der Waals surface area contributed by atoms with Gasteiger partial charge >= 0.3 is 11.9 Å². The van der Waals surface area contributed by atoms with Crippen molar-refractivity contribution in [3.8, 4) is 0 Å². The molecule has 2 fully saturated rings. The Kier molecular flexibility index (Phi) is 10.5. The van der Waals surface area contributed by atoms with Crippen molar-refractivity contribution in [2.75, 3.05) is 0 Å². The van der Waals surface area contributed by atoms with Crippen LogP contribution in [0.25, 0.3) is 0 Å². The zero-order valence-corrected chi connectivity index (χ0v) is 19.5. The Hall–Kier alpha value is -1.06. The predicted octanol–water partition coefficient (Wildman–Crippen LogP) is 6.02. The lowest BCUT2D eigenvalue weighted by molar-refractivity contribution is -0.154. The van der Waals surface area contributed by atoms with Gasteiger partial charge in [-0.05, 0) is 61.2 Å². The first-order chi connectivity index (χ1) is 13.0. The standard InChI is InChI=1S/2C12H22O2/c2*1-8(2)11-6-5-9(3)7-12(11)14-10(4)13/h2*8-9,11-12H,5-7H2,1-4H3. The summed E-state index contributed by atoms with van der Waals surface area (Å²) in [6, 6.07) is 0. The van der Waals surface area contributed by atoms with Crippen molar-refractivity contribution < 1.29 is 19.1 Å². The predicted molar refractivity (Wildman–Crippen MR) is 114 cm³/mol. The summed E-state index contributed by atoms with van der Waals surface area (Å²) in [5.74, 6) is 3.51. The van der Waals surface area contributed by atoms with Gasteiger partial charge in [-0.1, -0.05) is 54.4 Å². The van der Waals surface area contributed by atoms with Crippen LogP contribution in [0.15, 0.2) is 0 Å². The first kappa shape index (κ1) is 25.0. The molecule has 0 saturated heterocycles. The summed E-state index contributed by atoms with van der Waals surface area (Å²) >= 11 is 0. The van der Waals surface area contributed by atoms with E-state index in [4.69, 9.17) is 9.47 Å². The van der Waals surface area contributed by atoms with E-state index in [0.717, 1.165) is 12.8 Å². The van der Waals surface area contributed by atoms with Crippen LogP contribution in [0.5, 0.6) is 0 Å². The fourth-order valence-corrected chi connectivity index (χ4v) is 4.93. The zero-order chi connectivity index (χ0) is 21.4. The van der Waals surface area contributed by atoms with Crippen molar-refractivity contribution >= 4 is 11.9 Å². The molecule has 2 saturated carbocycles. The van der Waals surface area contributed by atoms with Crippen LogP contribution in [0.1, 0.15) is 93.9 Å². The molecule has 4 heteroatoms. The van der Waals surface area contributed by atoms with Gasteiger partial charge in [0.05, 0.1) is 0 Å². The van der Waals surface area contributed by atoms with Gasteiger partial charge in [0.1, 0.15) is 12.2 Å². The van der Waals surface area contributed by atoms with Crippen molar-refractivity contribution in [3.63, 3.8) is 0 Å². The van der Waals surface area contributed by atoms with E-state index in [1.165, 1.54) is 39.5 Å². The smallest absolute Gasteiger partial charge is 0.302 e. The third-order valence-electron chi connectivity index (χ3n) is 6.56. The summed E-state index contributed by atoms with van der Waals surface area (Å²) < 4.78 is 10.8. The molecule has 0 aromatic heterocycles. The number of hydrogen-bond acceptors (Lipinski definition) is 4. The van der Waals surface area contributed by atoms with E-state index in [0.29, 0.717) is 35.5 Å². The molecule has 0 bridgehead atoms. The van der Waals surface area contributed by atoms with Crippen molar-refractivity contribution in [1.82, 2.24) is 0 Å². The second-order valence-corrected chi connectivity index (χ2v) is 9.95. The Morgan fingerprint density at radius 1 is 0.679 bits per heavy atom. The highest BCUT2D eigenvalue weighted by atomic mass is 16.5. The summed E-state index contributed by atoms with van der Waals surface area (Å²) in [4.78, 5) is 21.9. The maximum absolute atomic E-state index is 11.0. The van der Waals surface area contributed by atoms with E-state index in [2.05, 4.69) is 41.5 Å². The van der Waals surface area contributed by atoms with Crippen LogP contribution in [-0.2, 0) is 19.1 Å². The van der Waals surface area contributed by atoms with Crippen molar-refractivity contribution in [1.29, 1.82) is 0 Å². The first-order valence-corrected chi connectivity index (χ1v) is 11.4. The molecule has 0 radical (unpaired) electrons. The molecule has 2 aliphatic carbocycles. The van der Waals surface area contributed by atoms with Gasteiger partial charge in [-0.15, -0.1) is 0 Å². The highest BCUT2D eigenvalue weighted by Crippen LogP contribution is 2.36. The zero-order valence-electron chi connectivity index (χ0n) is 19.5. The second-order valence-electron chi connectivity index (χ2n) is 9.95. The van der Waals surface area contributed by atoms with Crippen molar-refractivity contribution in [2.24, 2.45) is 35.5 Å². The van der Waals surface area contributed by atoms with Gasteiger partial charge in [0.15, 0.2) is 0 Å². The maximum Gasteiger partial charge on any atom is 0.302 e. The quantitative estimate of drug-likeness (QED) is 0.545. The summed E-state index contributed by atoms with van der Waals surface area (Å²) in [5, 5.41) is 0. The van der Waals surface area contributed by atoms with Crippen LogP contribution in [-0.4, -0.2) is 24.1 Å². The van der Waals surface area contributed by atoms with Crippen LogP contribution < -0.4 is 0 Å². The molecule has 2 rings (SSSR count). The third kappa shape index (κ3) is 8.53. The van der Waals surface area contributed by atoms with Crippen LogP contribution in [0.4, 0.5) is 0 Å². The highest BCUT2D eigenvalue weighted by Gasteiger charge is 2.33. The molecule has 6 unspecified atom stereocenters. The van der Waals surface area contributed by atoms with Crippen molar-refractivity contribution in [3.05, 3.63) is 0 Å². The lowest BCUT2D eigenvalue weighted by Crippen LogP contribution is -2.35. The number of hydrogen-bond donors (Lipinski definition) is 0. The molecule has 164 valence electrons. The molecule has 0 N–H and O–H groups in total. The lowest BCUT2D eigenvalue weighted by atomic mass is 9.75. The summed E-state index contributed by atoms with van der Waals surface area (Å²) in [7, 11) is 0. The SMILES string of the molecule is CC(=O)OC1CC(C)CCC1C(C)C.CC(=O)OC1CC(C)CCC1C(C)C. The monoisotopic (exact) mass is 396 g/mol. The molecule has 0 aliphatic heterocycles. The average Bonchev–Trinajstić information content (AvgIpc) is 2.53. The van der Waals surface area contributed by atoms with E-state index >= 15 is 0 Å². The summed E-state index contributed by atoms with van der Waals surface area (Å²) in [5.41, 5.74) is 0. The van der Waals surface area contributed by atoms with Gasteiger partial charge in [0.25, 0.3) is 0 Å². The second kappa shape index (κ2) is 11.8. The minimum atomic E-state index is -0.130. The molecular weight excluding hydrogens is 352 g/mol. The van der Waals surface area contributed by atoms with Crippen LogP contribution in [0.2, 0.25) is 0 Å². The Balaban J connectivity index is 0.000000280. The normalized spacial score (nSPS) is 33.1. The number of rotatable bonds is 4. The molecule has 28 heavy (non-hydrogen) atoms. The molecular formula is C24H44O4. The summed E-state index contributed by atoms with van der Waals surface area (Å²) in [6.07, 6.45) is 7.38. The summed E-state index contributed by atoms with van der Waals surface area (Å²) in [6.45, 7) is 16.4. The van der Waals surface area contributed by atoms with Gasteiger partial charge in [-0.3, -0.25) is 9.59 Å². The van der Waals surface area contributed by atoms with Crippen molar-refractivity contribution in [2.45, 2.75) is 106 Å². The number of carbonyl (C=O) groups excluding carboxylic acids is 2. The molecule has 0 amide bonds. The van der Waals surface area contributed by atoms with Gasteiger partial charge < -0.3 is 9.47 Å². The van der Waals surface area contributed by atoms with Crippen LogP contribution in [0.3, 0.4) is 0 Å². The molecule has 2 aliphatic rings. The Morgan fingerprint density at radius 3 is 1.25 bits per heavy atom. The Labute approximate surface area is 173 Å². The van der Waals surface area contributed by atoms with E-state index in [9.17, 15) is 9.59 Å². The highest BCUT2D eigenvalue weighted by molar-refractivity contribution is 5.66. The van der Waals surface area contributed by atoms with Gasteiger partial charge in [0.2, 0.25) is 0 Å². The van der Waals surface area contributed by atoms with Gasteiger partial charge in [-0.2, -0.15) is 0 Å². The maximum atomic E-state index is 11.0. The minimum Gasteiger partial charge on any atom is -0.462 e. The number of carbonyl (C=O) groups is 2. The van der Waals surface area contributed by atoms with E-state index in [1.54, 1.807) is 0 Å². The van der Waals surface area contributed by atoms with Gasteiger partial charge in [0, 0.05) is 13.8 Å². The largest absolute Gasteiger partial charge is 0.462 e. The van der Waals surface area contributed by atoms with Crippen LogP contribution in [0, 0.1) is 35.5 Å². The minimum absolute atomic E-state index is 0.130. The number of esters is 2. The molecule has 0 aromatic carbocycles. The van der Waals surface area contributed by atoms with Crippen LogP contribution >= 0.6 is 0 Å². The van der Waals surface area contributed by atoms with Gasteiger partial charge in [-0.25, -0.2) is 0 Å². The average molecular weight is 397 g/mol. The fraction of sp³-hybridized carbons (Fsp3) is 0.917. The third-order valence-corrected chi connectivity index (χ3v) is 6.56. The fourth-order valence-electron chi connectivity index (χ4n) is 4.93. The van der Waals surface area contributed by atoms with E-state index in [1.807, 2.05) is 0 Å². The Morgan fingerprint density at radius 2 is 1.00 bits per heavy atom. The molecule has 6 atom stereocenters. The topological polar surface area (TPSA) is 52.6 Å². The molecule has 0 heterocycles. The Bertz CT molecular complexity index is 441. The lowest BCUT2D eigenvalue weighted by Gasteiger charge is -2.36. The molecule has 0 aromatic rings. The van der Waals surface area contributed by atoms with E-state index < -0.39 is 0 Å². The molecule has 4 nitrogen and oxygen atoms in total. The number of ether oxygens (including phenoxy) is 2. The van der Waals surface area contributed by atoms with E-state index in [-0.39, 0.29) is 24.1 Å². The first-order valence-electron chi connectivity index (χ1n) is 11.4. The molecule has 0 spiro atoms.